The first kappa shape index (κ1) is 12.2. The molecule has 1 aromatic heterocycles. The molecule has 94 valence electrons. The second-order valence-electron chi connectivity index (χ2n) is 5.07. The molecule has 1 aliphatic heterocycles. The average Bonchev–Trinajstić information content (AvgIpc) is 2.95. The fourth-order valence-electron chi connectivity index (χ4n) is 2.56. The molecule has 2 heterocycles. The van der Waals surface area contributed by atoms with Crippen LogP contribution in [-0.2, 0) is 11.2 Å². The highest BCUT2D eigenvalue weighted by Gasteiger charge is 2.37. The number of H-pyrrole nitrogens is 1. The van der Waals surface area contributed by atoms with E-state index >= 15 is 0 Å². The lowest BCUT2D eigenvalue weighted by molar-refractivity contribution is -0.134. The highest BCUT2D eigenvalue weighted by atomic mass is 16.2. The topological polar surface area (TPSA) is 62.1 Å². The van der Waals surface area contributed by atoms with Gasteiger partial charge < -0.3 is 15.6 Å². The molecule has 1 saturated heterocycles. The van der Waals surface area contributed by atoms with Crippen LogP contribution in [0.15, 0.2) is 18.5 Å². The minimum Gasteiger partial charge on any atom is -0.367 e. The fourth-order valence-corrected chi connectivity index (χ4v) is 2.56. The maximum Gasteiger partial charge on any atom is 0.223 e. The summed E-state index contributed by atoms with van der Waals surface area (Å²) < 4.78 is 0. The van der Waals surface area contributed by atoms with Crippen LogP contribution in [0.3, 0.4) is 0 Å². The second kappa shape index (κ2) is 4.92. The smallest absolute Gasteiger partial charge is 0.223 e. The normalized spacial score (nSPS) is 24.2. The summed E-state index contributed by atoms with van der Waals surface area (Å²) in [5, 5.41) is 0. The van der Waals surface area contributed by atoms with Crippen molar-refractivity contribution in [3.05, 3.63) is 24.0 Å². The molecule has 1 fully saturated rings. The lowest BCUT2D eigenvalue weighted by atomic mass is 9.99. The fraction of sp³-hybridized carbons (Fsp3) is 0.615. The van der Waals surface area contributed by atoms with E-state index in [9.17, 15) is 4.79 Å². The van der Waals surface area contributed by atoms with E-state index in [1.165, 1.54) is 5.56 Å². The van der Waals surface area contributed by atoms with E-state index in [0.717, 1.165) is 25.8 Å². The zero-order valence-corrected chi connectivity index (χ0v) is 10.4. The summed E-state index contributed by atoms with van der Waals surface area (Å²) in [6.07, 6.45) is 7.31. The van der Waals surface area contributed by atoms with Gasteiger partial charge in [0.1, 0.15) is 0 Å². The molecule has 1 atom stereocenters. The minimum atomic E-state index is -0.116. The van der Waals surface area contributed by atoms with Crippen LogP contribution in [0.5, 0.6) is 0 Å². The molecule has 1 unspecified atom stereocenters. The molecule has 1 amide bonds. The van der Waals surface area contributed by atoms with Gasteiger partial charge in [-0.15, -0.1) is 0 Å². The first-order valence-electron chi connectivity index (χ1n) is 6.28. The molecule has 1 aromatic rings. The Hall–Kier alpha value is -1.29. The summed E-state index contributed by atoms with van der Waals surface area (Å²) in [7, 11) is 0. The average molecular weight is 235 g/mol. The summed E-state index contributed by atoms with van der Waals surface area (Å²) in [5.74, 6) is 0.233. The zero-order chi connectivity index (χ0) is 12.3. The predicted molar refractivity (Wildman–Crippen MR) is 67.5 cm³/mol. The summed E-state index contributed by atoms with van der Waals surface area (Å²) in [6.45, 7) is 3.51. The van der Waals surface area contributed by atoms with Crippen molar-refractivity contribution >= 4 is 5.91 Å². The van der Waals surface area contributed by atoms with Gasteiger partial charge in [0.05, 0.1) is 5.54 Å². The van der Waals surface area contributed by atoms with Crippen LogP contribution in [-0.4, -0.2) is 34.4 Å². The van der Waals surface area contributed by atoms with E-state index in [4.69, 9.17) is 5.73 Å². The summed E-state index contributed by atoms with van der Waals surface area (Å²) in [5.41, 5.74) is 6.86. The van der Waals surface area contributed by atoms with Gasteiger partial charge in [0.25, 0.3) is 0 Å². The van der Waals surface area contributed by atoms with Gasteiger partial charge in [-0.05, 0) is 37.8 Å². The van der Waals surface area contributed by atoms with E-state index in [2.05, 4.69) is 11.9 Å². The Morgan fingerprint density at radius 1 is 1.65 bits per heavy atom. The number of nitrogens with two attached hydrogens (primary N) is 1. The summed E-state index contributed by atoms with van der Waals surface area (Å²) >= 11 is 0. The standard InChI is InChI=1S/C13H21N3O/c1-13(10-14)6-2-8-16(13)12(17)4-3-11-5-7-15-9-11/h5,7,9,15H,2-4,6,8,10,14H2,1H3. The van der Waals surface area contributed by atoms with Crippen molar-refractivity contribution in [2.75, 3.05) is 13.1 Å². The maximum atomic E-state index is 12.2. The third-order valence-corrected chi connectivity index (χ3v) is 3.78. The van der Waals surface area contributed by atoms with Crippen molar-refractivity contribution in [1.29, 1.82) is 0 Å². The number of likely N-dealkylation sites (tertiary alicyclic amines) is 1. The first-order valence-corrected chi connectivity index (χ1v) is 6.28. The number of rotatable bonds is 4. The van der Waals surface area contributed by atoms with Crippen molar-refractivity contribution < 1.29 is 4.79 Å². The Balaban J connectivity index is 1.91. The number of aromatic amines is 1. The molecule has 0 aliphatic carbocycles. The van der Waals surface area contributed by atoms with Crippen LogP contribution in [0.4, 0.5) is 0 Å². The van der Waals surface area contributed by atoms with Crippen molar-refractivity contribution in [3.8, 4) is 0 Å². The highest BCUT2D eigenvalue weighted by molar-refractivity contribution is 5.77. The van der Waals surface area contributed by atoms with Gasteiger partial charge in [0, 0.05) is 31.9 Å². The summed E-state index contributed by atoms with van der Waals surface area (Å²) in [4.78, 5) is 17.2. The van der Waals surface area contributed by atoms with Gasteiger partial charge in [0.15, 0.2) is 0 Å². The number of carbonyl (C=O) groups is 1. The number of nitrogens with zero attached hydrogens (tertiary/aromatic N) is 1. The molecule has 0 saturated carbocycles. The second-order valence-corrected chi connectivity index (χ2v) is 5.07. The van der Waals surface area contributed by atoms with Crippen molar-refractivity contribution in [2.24, 2.45) is 5.73 Å². The van der Waals surface area contributed by atoms with Gasteiger partial charge in [-0.3, -0.25) is 4.79 Å². The highest BCUT2D eigenvalue weighted by Crippen LogP contribution is 2.28. The van der Waals surface area contributed by atoms with Crippen LogP contribution < -0.4 is 5.73 Å². The summed E-state index contributed by atoms with van der Waals surface area (Å²) in [6, 6.07) is 2.01. The molecule has 2 rings (SSSR count). The van der Waals surface area contributed by atoms with Gasteiger partial charge in [-0.1, -0.05) is 0 Å². The van der Waals surface area contributed by atoms with Gasteiger partial charge >= 0.3 is 0 Å². The van der Waals surface area contributed by atoms with Crippen LogP contribution in [0.2, 0.25) is 0 Å². The van der Waals surface area contributed by atoms with Crippen molar-refractivity contribution in [3.63, 3.8) is 0 Å². The minimum absolute atomic E-state index is 0.116. The van der Waals surface area contributed by atoms with Crippen LogP contribution >= 0.6 is 0 Å². The van der Waals surface area contributed by atoms with E-state index in [-0.39, 0.29) is 11.4 Å². The quantitative estimate of drug-likeness (QED) is 0.826. The molecule has 0 radical (unpaired) electrons. The molecule has 17 heavy (non-hydrogen) atoms. The Labute approximate surface area is 102 Å². The van der Waals surface area contributed by atoms with E-state index < -0.39 is 0 Å². The molecule has 4 heteroatoms. The number of hydrogen-bond donors (Lipinski definition) is 2. The number of aromatic nitrogens is 1. The maximum absolute atomic E-state index is 12.2. The number of hydrogen-bond acceptors (Lipinski definition) is 2. The Bertz CT molecular complexity index is 374. The number of carbonyl (C=O) groups excluding carboxylic acids is 1. The Morgan fingerprint density at radius 2 is 2.47 bits per heavy atom. The SMILES string of the molecule is CC1(CN)CCCN1C(=O)CCc1cc[nH]c1. The molecule has 0 spiro atoms. The van der Waals surface area contributed by atoms with Crippen LogP contribution in [0.1, 0.15) is 31.7 Å². The molecular formula is C13H21N3O. The van der Waals surface area contributed by atoms with Crippen molar-refractivity contribution in [1.82, 2.24) is 9.88 Å². The third-order valence-electron chi connectivity index (χ3n) is 3.78. The van der Waals surface area contributed by atoms with Crippen LogP contribution in [0, 0.1) is 0 Å². The Kier molecular flexibility index (Phi) is 3.52. The number of amides is 1. The monoisotopic (exact) mass is 235 g/mol. The molecule has 0 bridgehead atoms. The third kappa shape index (κ3) is 2.52. The van der Waals surface area contributed by atoms with Crippen LogP contribution in [0.25, 0.3) is 0 Å². The molecule has 4 nitrogen and oxygen atoms in total. The molecular weight excluding hydrogens is 214 g/mol. The lowest BCUT2D eigenvalue weighted by Gasteiger charge is -2.34. The Morgan fingerprint density at radius 3 is 3.12 bits per heavy atom. The predicted octanol–water partition coefficient (Wildman–Crippen LogP) is 1.29. The largest absolute Gasteiger partial charge is 0.367 e. The first-order chi connectivity index (χ1) is 8.15. The van der Waals surface area contributed by atoms with E-state index in [1.807, 2.05) is 23.4 Å². The van der Waals surface area contributed by atoms with E-state index in [1.54, 1.807) is 0 Å². The van der Waals surface area contributed by atoms with Gasteiger partial charge in [-0.2, -0.15) is 0 Å². The van der Waals surface area contributed by atoms with E-state index in [0.29, 0.717) is 13.0 Å². The number of nitrogens with one attached hydrogen (secondary N) is 1. The molecule has 0 aromatic carbocycles. The van der Waals surface area contributed by atoms with Gasteiger partial charge in [-0.25, -0.2) is 0 Å². The van der Waals surface area contributed by atoms with Gasteiger partial charge in [0.2, 0.25) is 5.91 Å². The lowest BCUT2D eigenvalue weighted by Crippen LogP contribution is -2.50. The molecule has 1 aliphatic rings. The number of aryl methyl sites for hydroxylation is 1. The molecule has 3 N–H and O–H groups in total. The van der Waals surface area contributed by atoms with Crippen molar-refractivity contribution in [2.45, 2.75) is 38.1 Å². The zero-order valence-electron chi connectivity index (χ0n) is 10.4.